The average molecular weight is 229 g/mol. The van der Waals surface area contributed by atoms with Crippen LogP contribution in [0.25, 0.3) is 0 Å². The Kier molecular flexibility index (Phi) is 7.20. The number of likely N-dealkylation sites (tertiary alicyclic amines) is 1. The lowest BCUT2D eigenvalue weighted by Crippen LogP contribution is -2.17. The maximum Gasteiger partial charge on any atom is 0.331 e. The van der Waals surface area contributed by atoms with E-state index in [2.05, 4.69) is 11.8 Å². The Balaban J connectivity index is 0.000000288. The van der Waals surface area contributed by atoms with E-state index in [-0.39, 0.29) is 5.57 Å². The number of carboxylic acids is 2. The van der Waals surface area contributed by atoms with Gasteiger partial charge in [0.25, 0.3) is 0 Å². The molecule has 0 saturated carbocycles. The fraction of sp³-hybridized carbons (Fsp3) is 0.636. The maximum absolute atomic E-state index is 9.90. The van der Waals surface area contributed by atoms with Crippen molar-refractivity contribution < 1.29 is 19.8 Å². The van der Waals surface area contributed by atoms with Crippen molar-refractivity contribution >= 4 is 11.9 Å². The summed E-state index contributed by atoms with van der Waals surface area (Å²) in [6, 6.07) is 0. The zero-order valence-corrected chi connectivity index (χ0v) is 9.77. The van der Waals surface area contributed by atoms with Gasteiger partial charge < -0.3 is 15.1 Å². The molecule has 0 unspecified atom stereocenters. The first-order valence-electron chi connectivity index (χ1n) is 5.34. The van der Waals surface area contributed by atoms with Crippen molar-refractivity contribution in [3.63, 3.8) is 0 Å². The minimum absolute atomic E-state index is 0.178. The molecule has 0 aromatic rings. The van der Waals surface area contributed by atoms with E-state index in [9.17, 15) is 9.59 Å². The van der Waals surface area contributed by atoms with Gasteiger partial charge in [0.15, 0.2) is 0 Å². The molecule has 0 spiro atoms. The molecule has 92 valence electrons. The molecule has 0 aromatic carbocycles. The van der Waals surface area contributed by atoms with Crippen molar-refractivity contribution in [2.75, 3.05) is 19.6 Å². The van der Waals surface area contributed by atoms with E-state index in [0.717, 1.165) is 0 Å². The highest BCUT2D eigenvalue weighted by Gasteiger charge is 2.06. The quantitative estimate of drug-likeness (QED) is 0.711. The lowest BCUT2D eigenvalue weighted by atomic mass is 10.3. The second-order valence-electron chi connectivity index (χ2n) is 3.61. The van der Waals surface area contributed by atoms with Crippen molar-refractivity contribution in [1.29, 1.82) is 0 Å². The van der Waals surface area contributed by atoms with Gasteiger partial charge in [-0.25, -0.2) is 9.59 Å². The summed E-state index contributed by atoms with van der Waals surface area (Å²) in [5, 5.41) is 16.1. The van der Waals surface area contributed by atoms with E-state index < -0.39 is 11.9 Å². The van der Waals surface area contributed by atoms with Crippen LogP contribution in [-0.2, 0) is 9.59 Å². The molecule has 5 nitrogen and oxygen atoms in total. The molecule has 5 heteroatoms. The lowest BCUT2D eigenvalue weighted by molar-refractivity contribution is -0.135. The molecule has 0 aromatic heterocycles. The highest BCUT2D eigenvalue weighted by Crippen LogP contribution is 2.04. The van der Waals surface area contributed by atoms with Gasteiger partial charge in [0.1, 0.15) is 0 Å². The Labute approximate surface area is 95.4 Å². The van der Waals surface area contributed by atoms with Crippen molar-refractivity contribution in [1.82, 2.24) is 4.90 Å². The minimum Gasteiger partial charge on any atom is -0.478 e. The first-order valence-corrected chi connectivity index (χ1v) is 5.34. The Morgan fingerprint density at radius 3 is 1.94 bits per heavy atom. The molecule has 1 rings (SSSR count). The standard InChI is InChI=1S/C6H13N.C5H6O4/c1-2-7-5-3-4-6-7;1-3(5(8)9)2-4(6)7/h2-6H2,1H3;2H,1H3,(H,6,7)(H,8,9)/b;3-2-. The topological polar surface area (TPSA) is 77.8 Å². The largest absolute Gasteiger partial charge is 0.478 e. The molecule has 1 saturated heterocycles. The summed E-state index contributed by atoms with van der Waals surface area (Å²) in [4.78, 5) is 22.2. The lowest BCUT2D eigenvalue weighted by Gasteiger charge is -2.08. The van der Waals surface area contributed by atoms with Gasteiger partial charge >= 0.3 is 11.9 Å². The van der Waals surface area contributed by atoms with Gasteiger partial charge in [0.05, 0.1) is 0 Å². The molecule has 0 atom stereocenters. The Morgan fingerprint density at radius 2 is 1.75 bits per heavy atom. The molecule has 2 N–H and O–H groups in total. The molecule has 1 aliphatic rings. The fourth-order valence-corrected chi connectivity index (χ4v) is 1.35. The Morgan fingerprint density at radius 1 is 1.25 bits per heavy atom. The van der Waals surface area contributed by atoms with E-state index in [4.69, 9.17) is 10.2 Å². The van der Waals surface area contributed by atoms with Crippen molar-refractivity contribution in [2.45, 2.75) is 26.7 Å². The summed E-state index contributed by atoms with van der Waals surface area (Å²) < 4.78 is 0. The molecule has 16 heavy (non-hydrogen) atoms. The molecule has 0 aliphatic carbocycles. The highest BCUT2D eigenvalue weighted by atomic mass is 16.4. The number of nitrogens with zero attached hydrogens (tertiary/aromatic N) is 1. The van der Waals surface area contributed by atoms with Crippen LogP contribution >= 0.6 is 0 Å². The van der Waals surface area contributed by atoms with Gasteiger partial charge in [-0.2, -0.15) is 0 Å². The predicted octanol–water partition coefficient (Wildman–Crippen LogP) is 1.20. The number of carbonyl (C=O) groups is 2. The van der Waals surface area contributed by atoms with Crippen LogP contribution in [0.5, 0.6) is 0 Å². The normalized spacial score (nSPS) is 16.5. The smallest absolute Gasteiger partial charge is 0.331 e. The molecular weight excluding hydrogens is 210 g/mol. The molecule has 1 aliphatic heterocycles. The van der Waals surface area contributed by atoms with Gasteiger partial charge in [0.2, 0.25) is 0 Å². The number of hydrogen-bond donors (Lipinski definition) is 2. The first kappa shape index (κ1) is 14.6. The molecule has 1 fully saturated rings. The Bertz CT molecular complexity index is 267. The Hall–Kier alpha value is -1.36. The zero-order valence-electron chi connectivity index (χ0n) is 9.77. The number of hydrogen-bond acceptors (Lipinski definition) is 3. The van der Waals surface area contributed by atoms with Crippen LogP contribution < -0.4 is 0 Å². The second kappa shape index (κ2) is 7.87. The van der Waals surface area contributed by atoms with Gasteiger partial charge in [0, 0.05) is 11.6 Å². The third-order valence-electron chi connectivity index (χ3n) is 2.32. The third kappa shape index (κ3) is 7.00. The van der Waals surface area contributed by atoms with Gasteiger partial charge in [-0.3, -0.25) is 0 Å². The number of rotatable bonds is 3. The summed E-state index contributed by atoms with van der Waals surface area (Å²) in [5.74, 6) is -2.45. The van der Waals surface area contributed by atoms with Crippen LogP contribution in [0.2, 0.25) is 0 Å². The van der Waals surface area contributed by atoms with Crippen LogP contribution in [0.3, 0.4) is 0 Å². The van der Waals surface area contributed by atoms with Gasteiger partial charge in [-0.1, -0.05) is 6.92 Å². The van der Waals surface area contributed by atoms with E-state index in [1.807, 2.05) is 0 Å². The highest BCUT2D eigenvalue weighted by molar-refractivity contribution is 5.93. The monoisotopic (exact) mass is 229 g/mol. The zero-order chi connectivity index (χ0) is 12.6. The maximum atomic E-state index is 9.90. The second-order valence-corrected chi connectivity index (χ2v) is 3.61. The fourth-order valence-electron chi connectivity index (χ4n) is 1.35. The van der Waals surface area contributed by atoms with Crippen LogP contribution in [0.15, 0.2) is 11.6 Å². The minimum atomic E-state index is -1.24. The average Bonchev–Trinajstić information content (AvgIpc) is 2.69. The first-order chi connectivity index (χ1) is 7.47. The predicted molar refractivity (Wildman–Crippen MR) is 60.4 cm³/mol. The summed E-state index contributed by atoms with van der Waals surface area (Å²) in [6.07, 6.45) is 3.49. The van der Waals surface area contributed by atoms with E-state index in [1.54, 1.807) is 0 Å². The van der Waals surface area contributed by atoms with E-state index in [0.29, 0.717) is 6.08 Å². The van der Waals surface area contributed by atoms with Crippen molar-refractivity contribution in [3.8, 4) is 0 Å². The van der Waals surface area contributed by atoms with Crippen molar-refractivity contribution in [2.24, 2.45) is 0 Å². The van der Waals surface area contributed by atoms with Crippen LogP contribution in [0.4, 0.5) is 0 Å². The summed E-state index contributed by atoms with van der Waals surface area (Å²) in [7, 11) is 0. The SMILES string of the molecule is C/C(=C/C(=O)O)C(=O)O.CCN1CCCC1. The molecule has 0 amide bonds. The van der Waals surface area contributed by atoms with E-state index in [1.165, 1.54) is 39.4 Å². The van der Waals surface area contributed by atoms with Crippen molar-refractivity contribution in [3.05, 3.63) is 11.6 Å². The van der Waals surface area contributed by atoms with Crippen LogP contribution in [0.1, 0.15) is 26.7 Å². The molecule has 1 heterocycles. The third-order valence-corrected chi connectivity index (χ3v) is 2.32. The summed E-state index contributed by atoms with van der Waals surface area (Å²) >= 11 is 0. The molecule has 0 bridgehead atoms. The number of carboxylic acid groups (broad SMARTS) is 2. The summed E-state index contributed by atoms with van der Waals surface area (Å²) in [5.41, 5.74) is -0.178. The van der Waals surface area contributed by atoms with Crippen LogP contribution in [-0.4, -0.2) is 46.7 Å². The number of aliphatic carboxylic acids is 2. The summed E-state index contributed by atoms with van der Waals surface area (Å²) in [6.45, 7) is 7.38. The van der Waals surface area contributed by atoms with Gasteiger partial charge in [-0.15, -0.1) is 0 Å². The van der Waals surface area contributed by atoms with E-state index >= 15 is 0 Å². The molecular formula is C11H19NO4. The van der Waals surface area contributed by atoms with Gasteiger partial charge in [-0.05, 0) is 39.4 Å². The van der Waals surface area contributed by atoms with Crippen LogP contribution in [0, 0.1) is 0 Å². The molecule has 0 radical (unpaired) electrons.